The van der Waals surface area contributed by atoms with Crippen molar-refractivity contribution >= 4 is 16.9 Å². The summed E-state index contributed by atoms with van der Waals surface area (Å²) >= 11 is 0. The fourth-order valence-corrected chi connectivity index (χ4v) is 6.08. The Morgan fingerprint density at radius 2 is 1.79 bits per heavy atom. The maximum Gasteiger partial charge on any atom is 0.0762 e. The van der Waals surface area contributed by atoms with E-state index in [-0.39, 0.29) is 0 Å². The Hall–Kier alpha value is -1.52. The summed E-state index contributed by atoms with van der Waals surface area (Å²) in [4.78, 5) is 7.83. The predicted molar refractivity (Wildman–Crippen MR) is 142 cm³/mol. The summed E-state index contributed by atoms with van der Waals surface area (Å²) in [6.45, 7) is 15.1. The molecule has 2 aliphatic heterocycles. The Kier molecular flexibility index (Phi) is 8.40. The third kappa shape index (κ3) is 5.59. The van der Waals surface area contributed by atoms with Gasteiger partial charge in [-0.15, -0.1) is 0 Å². The highest BCUT2D eigenvalue weighted by atomic mass is 16.5. The fourth-order valence-electron chi connectivity index (χ4n) is 6.08. The molecule has 1 aromatic rings. The molecule has 0 aromatic heterocycles. The van der Waals surface area contributed by atoms with Crippen LogP contribution in [0, 0.1) is 5.41 Å². The van der Waals surface area contributed by atoms with Gasteiger partial charge in [-0.05, 0) is 67.8 Å². The fraction of sp³-hybridized carbons (Fsp3) is 0.724. The summed E-state index contributed by atoms with van der Waals surface area (Å²) in [6, 6.07) is 7.30. The molecule has 4 nitrogen and oxygen atoms in total. The van der Waals surface area contributed by atoms with Crippen LogP contribution in [0.2, 0.25) is 0 Å². The number of piperazine rings is 1. The molecule has 1 aromatic carbocycles. The van der Waals surface area contributed by atoms with E-state index in [1.165, 1.54) is 81.5 Å². The Morgan fingerprint density at radius 3 is 2.39 bits per heavy atom. The molecule has 1 atom stereocenters. The molecule has 0 unspecified atom stereocenters. The number of methoxy groups -OCH3 is 1. The van der Waals surface area contributed by atoms with E-state index in [4.69, 9.17) is 4.74 Å². The van der Waals surface area contributed by atoms with Crippen LogP contribution < -0.4 is 9.80 Å². The zero-order valence-corrected chi connectivity index (χ0v) is 21.7. The minimum atomic E-state index is 0.368. The van der Waals surface area contributed by atoms with Gasteiger partial charge in [-0.2, -0.15) is 0 Å². The summed E-state index contributed by atoms with van der Waals surface area (Å²) in [5, 5.41) is 0. The molecule has 4 rings (SSSR count). The summed E-state index contributed by atoms with van der Waals surface area (Å²) < 4.78 is 5.65. The van der Waals surface area contributed by atoms with Gasteiger partial charge in [0.25, 0.3) is 0 Å². The average molecular weight is 454 g/mol. The van der Waals surface area contributed by atoms with E-state index in [1.54, 1.807) is 5.57 Å². The van der Waals surface area contributed by atoms with Crippen molar-refractivity contribution in [1.82, 2.24) is 4.90 Å². The Balaban J connectivity index is 1.58. The highest BCUT2D eigenvalue weighted by Crippen LogP contribution is 2.45. The van der Waals surface area contributed by atoms with Crippen LogP contribution in [0.15, 0.2) is 24.3 Å². The van der Waals surface area contributed by atoms with Gasteiger partial charge in [0.15, 0.2) is 0 Å². The van der Waals surface area contributed by atoms with Crippen LogP contribution in [0.25, 0.3) is 5.57 Å². The summed E-state index contributed by atoms with van der Waals surface area (Å²) in [7, 11) is 1.85. The number of unbranched alkanes of at least 4 members (excludes halogenated alkanes) is 1. The number of anilines is 2. The average Bonchev–Trinajstić information content (AvgIpc) is 3.37. The van der Waals surface area contributed by atoms with Crippen LogP contribution >= 0.6 is 0 Å². The summed E-state index contributed by atoms with van der Waals surface area (Å²) in [6.07, 6.45) is 13.1. The van der Waals surface area contributed by atoms with Crippen LogP contribution in [-0.2, 0) is 4.74 Å². The molecule has 184 valence electrons. The minimum absolute atomic E-state index is 0.368. The molecule has 0 N–H and O–H groups in total. The van der Waals surface area contributed by atoms with E-state index < -0.39 is 0 Å². The zero-order chi connectivity index (χ0) is 23.3. The number of hydrogen-bond acceptors (Lipinski definition) is 4. The van der Waals surface area contributed by atoms with E-state index >= 15 is 0 Å². The molecule has 4 heteroatoms. The van der Waals surface area contributed by atoms with Gasteiger partial charge in [-0.3, -0.25) is 4.90 Å². The van der Waals surface area contributed by atoms with Gasteiger partial charge >= 0.3 is 0 Å². The van der Waals surface area contributed by atoms with Crippen LogP contribution in [0.1, 0.15) is 77.7 Å². The molecule has 0 radical (unpaired) electrons. The molecule has 2 fully saturated rings. The smallest absolute Gasteiger partial charge is 0.0762 e. The largest absolute Gasteiger partial charge is 0.380 e. The Bertz CT molecular complexity index is 792. The lowest BCUT2D eigenvalue weighted by atomic mass is 9.70. The Labute approximate surface area is 203 Å². The number of benzene rings is 1. The maximum absolute atomic E-state index is 5.65. The Morgan fingerprint density at radius 1 is 1.00 bits per heavy atom. The lowest BCUT2D eigenvalue weighted by Crippen LogP contribution is -2.46. The predicted octanol–water partition coefficient (Wildman–Crippen LogP) is 6.21. The van der Waals surface area contributed by atoms with Crippen molar-refractivity contribution in [2.45, 2.75) is 78.2 Å². The van der Waals surface area contributed by atoms with Crippen molar-refractivity contribution in [3.8, 4) is 0 Å². The van der Waals surface area contributed by atoms with Crippen molar-refractivity contribution < 1.29 is 4.74 Å². The number of nitrogens with zero attached hydrogens (tertiary/aromatic N) is 3. The minimum Gasteiger partial charge on any atom is -0.380 e. The van der Waals surface area contributed by atoms with Crippen molar-refractivity contribution in [3.63, 3.8) is 0 Å². The summed E-state index contributed by atoms with van der Waals surface area (Å²) in [5.41, 5.74) is 6.44. The van der Waals surface area contributed by atoms with Crippen molar-refractivity contribution in [2.75, 3.05) is 62.7 Å². The van der Waals surface area contributed by atoms with Crippen molar-refractivity contribution in [3.05, 3.63) is 29.8 Å². The standard InChI is InChI=1S/C29H47N3O/c1-5-8-16-30-18-20-31(21-19-30)28-10-9-25(32-17-13-26(23-32)33-4)22-27(28)24-11-14-29(6-2,7-3)15-12-24/h9-11,22,26H,5-8,12-21,23H2,1-4H3/t26-/m1/s1. The van der Waals surface area contributed by atoms with Crippen molar-refractivity contribution in [1.29, 1.82) is 0 Å². The van der Waals surface area contributed by atoms with Gasteiger partial charge in [0, 0.05) is 63.3 Å². The van der Waals surface area contributed by atoms with Crippen LogP contribution in [-0.4, -0.2) is 63.9 Å². The third-order valence-corrected chi connectivity index (χ3v) is 8.92. The number of hydrogen-bond donors (Lipinski definition) is 0. The van der Waals surface area contributed by atoms with Gasteiger partial charge in [-0.1, -0.05) is 46.1 Å². The normalized spacial score (nSPS) is 23.8. The first-order valence-electron chi connectivity index (χ1n) is 13.7. The van der Waals surface area contributed by atoms with E-state index in [9.17, 15) is 0 Å². The first-order chi connectivity index (χ1) is 16.1. The number of rotatable bonds is 9. The number of ether oxygens (including phenoxy) is 1. The second-order valence-corrected chi connectivity index (χ2v) is 10.6. The maximum atomic E-state index is 5.65. The second-order valence-electron chi connectivity index (χ2n) is 10.6. The zero-order valence-electron chi connectivity index (χ0n) is 21.7. The van der Waals surface area contributed by atoms with E-state index in [2.05, 4.69) is 59.7 Å². The van der Waals surface area contributed by atoms with Gasteiger partial charge in [-0.25, -0.2) is 0 Å². The second kappa shape index (κ2) is 11.3. The first kappa shape index (κ1) is 24.6. The monoisotopic (exact) mass is 453 g/mol. The van der Waals surface area contributed by atoms with Gasteiger partial charge in [0.1, 0.15) is 0 Å². The molecule has 0 bridgehead atoms. The summed E-state index contributed by atoms with van der Waals surface area (Å²) in [5.74, 6) is 0. The van der Waals surface area contributed by atoms with Crippen molar-refractivity contribution in [2.24, 2.45) is 5.41 Å². The molecule has 2 heterocycles. The van der Waals surface area contributed by atoms with E-state index in [0.717, 1.165) is 32.6 Å². The van der Waals surface area contributed by atoms with E-state index in [0.29, 0.717) is 11.5 Å². The van der Waals surface area contributed by atoms with E-state index in [1.807, 2.05) is 7.11 Å². The highest BCUT2D eigenvalue weighted by molar-refractivity contribution is 5.80. The molecule has 33 heavy (non-hydrogen) atoms. The highest BCUT2D eigenvalue weighted by Gasteiger charge is 2.30. The lowest BCUT2D eigenvalue weighted by molar-refractivity contribution is 0.121. The van der Waals surface area contributed by atoms with Crippen LogP contribution in [0.5, 0.6) is 0 Å². The topological polar surface area (TPSA) is 19.0 Å². The molecule has 1 aliphatic carbocycles. The molecular formula is C29H47N3O. The first-order valence-corrected chi connectivity index (χ1v) is 13.7. The van der Waals surface area contributed by atoms with Gasteiger partial charge in [0.2, 0.25) is 0 Å². The molecule has 0 spiro atoms. The molecule has 2 saturated heterocycles. The van der Waals surface area contributed by atoms with Crippen LogP contribution in [0.4, 0.5) is 11.4 Å². The lowest BCUT2D eigenvalue weighted by Gasteiger charge is -2.39. The van der Waals surface area contributed by atoms with Gasteiger partial charge in [0.05, 0.1) is 6.10 Å². The quantitative estimate of drug-likeness (QED) is 0.442. The molecule has 0 saturated carbocycles. The SMILES string of the molecule is CCCCN1CCN(c2ccc(N3CC[C@@H](OC)C3)cc2C2=CCC(CC)(CC)CC2)CC1. The molecule has 0 amide bonds. The van der Waals surface area contributed by atoms with Gasteiger partial charge < -0.3 is 14.5 Å². The molecule has 3 aliphatic rings. The van der Waals surface area contributed by atoms with Crippen LogP contribution in [0.3, 0.4) is 0 Å². The number of allylic oxidation sites excluding steroid dienone is 2. The molecular weight excluding hydrogens is 406 g/mol. The third-order valence-electron chi connectivity index (χ3n) is 8.92.